The predicted molar refractivity (Wildman–Crippen MR) is 81.6 cm³/mol. The van der Waals surface area contributed by atoms with Crippen LogP contribution in [0.1, 0.15) is 29.5 Å². The highest BCUT2D eigenvalue weighted by atomic mass is 16.5. The summed E-state index contributed by atoms with van der Waals surface area (Å²) in [6, 6.07) is 6.61. The number of carbonyl (C=O) groups excluding carboxylic acids is 1. The minimum absolute atomic E-state index is 0.225. The summed E-state index contributed by atoms with van der Waals surface area (Å²) < 4.78 is 5.34. The highest BCUT2D eigenvalue weighted by Crippen LogP contribution is 2.23. The molecule has 1 saturated heterocycles. The molecule has 0 aromatic heterocycles. The first-order valence-electron chi connectivity index (χ1n) is 7.73. The molecule has 1 aromatic carbocycles. The van der Waals surface area contributed by atoms with Crippen LogP contribution in [0.25, 0.3) is 0 Å². The second-order valence-corrected chi connectivity index (χ2v) is 6.46. The minimum atomic E-state index is 0.225. The van der Waals surface area contributed by atoms with E-state index in [0.717, 1.165) is 32.7 Å². The lowest BCUT2D eigenvalue weighted by atomic mass is 10.0. The van der Waals surface area contributed by atoms with Gasteiger partial charge in [0.2, 0.25) is 5.91 Å². The van der Waals surface area contributed by atoms with E-state index in [-0.39, 0.29) is 5.91 Å². The van der Waals surface area contributed by atoms with E-state index in [0.29, 0.717) is 18.9 Å². The van der Waals surface area contributed by atoms with E-state index in [1.165, 1.54) is 16.7 Å². The molecule has 0 unspecified atom stereocenters. The summed E-state index contributed by atoms with van der Waals surface area (Å²) in [6.45, 7) is 4.29. The van der Waals surface area contributed by atoms with Crippen molar-refractivity contribution in [3.63, 3.8) is 0 Å². The van der Waals surface area contributed by atoms with Crippen LogP contribution >= 0.6 is 0 Å². The molecule has 4 heteroatoms. The van der Waals surface area contributed by atoms with Gasteiger partial charge in [-0.2, -0.15) is 0 Å². The van der Waals surface area contributed by atoms with Gasteiger partial charge in [0.15, 0.2) is 0 Å². The fraction of sp³-hybridized carbons (Fsp3) is 0.588. The molecular formula is C17H24N2O2. The van der Waals surface area contributed by atoms with E-state index < -0.39 is 0 Å². The predicted octanol–water partition coefficient (Wildman–Crippen LogP) is 2.02. The van der Waals surface area contributed by atoms with Crippen LogP contribution in [0.15, 0.2) is 18.2 Å². The van der Waals surface area contributed by atoms with Gasteiger partial charge in [-0.05, 0) is 36.1 Å². The fourth-order valence-electron chi connectivity index (χ4n) is 3.23. The van der Waals surface area contributed by atoms with Gasteiger partial charge >= 0.3 is 0 Å². The zero-order chi connectivity index (χ0) is 14.8. The Morgan fingerprint density at radius 1 is 1.38 bits per heavy atom. The Hall–Kier alpha value is -1.39. The second kappa shape index (κ2) is 6.16. The standard InChI is InChI=1S/C17H24N2O2/c1-18-10-15-4-3-13(7-16(15)11-18)9-19(2)17(20)8-14-5-6-21-12-14/h3-4,7,14H,5-6,8-12H2,1-2H3/t14-/m1/s1. The van der Waals surface area contributed by atoms with Crippen LogP contribution < -0.4 is 0 Å². The van der Waals surface area contributed by atoms with Crippen molar-refractivity contribution in [3.05, 3.63) is 34.9 Å². The number of hydrogen-bond donors (Lipinski definition) is 0. The van der Waals surface area contributed by atoms with Crippen LogP contribution in [0.5, 0.6) is 0 Å². The summed E-state index contributed by atoms with van der Waals surface area (Å²) in [5.41, 5.74) is 4.04. The minimum Gasteiger partial charge on any atom is -0.381 e. The van der Waals surface area contributed by atoms with E-state index in [2.05, 4.69) is 30.1 Å². The smallest absolute Gasteiger partial charge is 0.222 e. The molecule has 0 bridgehead atoms. The molecule has 1 atom stereocenters. The normalized spacial score (nSPS) is 21.5. The lowest BCUT2D eigenvalue weighted by molar-refractivity contribution is -0.131. The van der Waals surface area contributed by atoms with Gasteiger partial charge in [0.25, 0.3) is 0 Å². The molecule has 4 nitrogen and oxygen atoms in total. The van der Waals surface area contributed by atoms with Crippen molar-refractivity contribution in [3.8, 4) is 0 Å². The van der Waals surface area contributed by atoms with Gasteiger partial charge in [0, 0.05) is 46.3 Å². The van der Waals surface area contributed by atoms with Gasteiger partial charge in [-0.1, -0.05) is 18.2 Å². The maximum absolute atomic E-state index is 12.3. The van der Waals surface area contributed by atoms with Crippen LogP contribution in [0, 0.1) is 5.92 Å². The Balaban J connectivity index is 1.58. The third-order valence-electron chi connectivity index (χ3n) is 4.48. The van der Waals surface area contributed by atoms with E-state index in [1.54, 1.807) is 0 Å². The number of nitrogens with zero attached hydrogens (tertiary/aromatic N) is 2. The highest BCUT2D eigenvalue weighted by molar-refractivity contribution is 5.76. The molecule has 0 saturated carbocycles. The van der Waals surface area contributed by atoms with Crippen LogP contribution in [0.4, 0.5) is 0 Å². The largest absolute Gasteiger partial charge is 0.381 e. The van der Waals surface area contributed by atoms with Crippen molar-refractivity contribution in [2.24, 2.45) is 5.92 Å². The molecule has 0 N–H and O–H groups in total. The molecule has 2 aliphatic rings. The Morgan fingerprint density at radius 2 is 2.19 bits per heavy atom. The highest BCUT2D eigenvalue weighted by Gasteiger charge is 2.21. The summed E-state index contributed by atoms with van der Waals surface area (Å²) in [6.07, 6.45) is 1.63. The zero-order valence-corrected chi connectivity index (χ0v) is 13.0. The third kappa shape index (κ3) is 3.44. The summed E-state index contributed by atoms with van der Waals surface area (Å²) in [4.78, 5) is 16.4. The average Bonchev–Trinajstić information content (AvgIpc) is 3.06. The SMILES string of the molecule is CN1Cc2ccc(CN(C)C(=O)C[C@H]3CCOC3)cc2C1. The van der Waals surface area contributed by atoms with Crippen LogP contribution in [-0.2, 0) is 29.2 Å². The monoisotopic (exact) mass is 288 g/mol. The van der Waals surface area contributed by atoms with E-state index in [4.69, 9.17) is 4.74 Å². The van der Waals surface area contributed by atoms with Crippen molar-refractivity contribution in [1.29, 1.82) is 0 Å². The van der Waals surface area contributed by atoms with Gasteiger partial charge in [-0.3, -0.25) is 9.69 Å². The van der Waals surface area contributed by atoms with Crippen LogP contribution in [0.3, 0.4) is 0 Å². The van der Waals surface area contributed by atoms with E-state index >= 15 is 0 Å². The van der Waals surface area contributed by atoms with Crippen molar-refractivity contribution in [2.75, 3.05) is 27.3 Å². The lowest BCUT2D eigenvalue weighted by Crippen LogP contribution is -2.28. The number of ether oxygens (including phenoxy) is 1. The molecule has 114 valence electrons. The molecule has 3 rings (SSSR count). The second-order valence-electron chi connectivity index (χ2n) is 6.46. The van der Waals surface area contributed by atoms with E-state index in [9.17, 15) is 4.79 Å². The molecule has 0 radical (unpaired) electrons. The quantitative estimate of drug-likeness (QED) is 0.850. The fourth-order valence-corrected chi connectivity index (χ4v) is 3.23. The van der Waals surface area contributed by atoms with Crippen molar-refractivity contribution in [1.82, 2.24) is 9.80 Å². The van der Waals surface area contributed by atoms with Gasteiger partial charge < -0.3 is 9.64 Å². The molecule has 1 fully saturated rings. The number of rotatable bonds is 4. The molecule has 0 spiro atoms. The number of hydrogen-bond acceptors (Lipinski definition) is 3. The first kappa shape index (κ1) is 14.5. The summed E-state index contributed by atoms with van der Waals surface area (Å²) in [5.74, 6) is 0.636. The van der Waals surface area contributed by atoms with Crippen molar-refractivity contribution < 1.29 is 9.53 Å². The molecule has 0 aliphatic carbocycles. The van der Waals surface area contributed by atoms with E-state index in [1.807, 2.05) is 11.9 Å². The molecular weight excluding hydrogens is 264 g/mol. The average molecular weight is 288 g/mol. The Morgan fingerprint density at radius 3 is 2.95 bits per heavy atom. The zero-order valence-electron chi connectivity index (χ0n) is 13.0. The number of benzene rings is 1. The Bertz CT molecular complexity index is 524. The Labute approximate surface area is 126 Å². The van der Waals surface area contributed by atoms with Gasteiger partial charge in [-0.25, -0.2) is 0 Å². The number of carbonyl (C=O) groups is 1. The third-order valence-corrected chi connectivity index (χ3v) is 4.48. The van der Waals surface area contributed by atoms with Crippen molar-refractivity contribution >= 4 is 5.91 Å². The maximum atomic E-state index is 12.3. The lowest BCUT2D eigenvalue weighted by Gasteiger charge is -2.19. The van der Waals surface area contributed by atoms with Gasteiger partial charge in [0.1, 0.15) is 0 Å². The number of amides is 1. The summed E-state index contributed by atoms with van der Waals surface area (Å²) in [5, 5.41) is 0. The van der Waals surface area contributed by atoms with Crippen molar-refractivity contribution in [2.45, 2.75) is 32.5 Å². The molecule has 1 amide bonds. The summed E-state index contributed by atoms with van der Waals surface area (Å²) >= 11 is 0. The first-order valence-corrected chi connectivity index (χ1v) is 7.73. The van der Waals surface area contributed by atoms with Gasteiger partial charge in [0.05, 0.1) is 0 Å². The molecule has 2 heterocycles. The number of fused-ring (bicyclic) bond motifs is 1. The van der Waals surface area contributed by atoms with Gasteiger partial charge in [-0.15, -0.1) is 0 Å². The maximum Gasteiger partial charge on any atom is 0.222 e. The topological polar surface area (TPSA) is 32.8 Å². The Kier molecular flexibility index (Phi) is 4.27. The van der Waals surface area contributed by atoms with Crippen LogP contribution in [0.2, 0.25) is 0 Å². The first-order chi connectivity index (χ1) is 10.1. The molecule has 2 aliphatic heterocycles. The molecule has 21 heavy (non-hydrogen) atoms. The summed E-state index contributed by atoms with van der Waals surface area (Å²) in [7, 11) is 4.04. The van der Waals surface area contributed by atoms with Crippen LogP contribution in [-0.4, -0.2) is 43.0 Å². The molecule has 1 aromatic rings.